The molecule has 2 fully saturated rings. The molecule has 0 aromatic carbocycles. The number of cyclic esters (lactones) is 1. The zero-order valence-electron chi connectivity index (χ0n) is 22.9. The number of ether oxygens (including phenoxy) is 3. The lowest BCUT2D eigenvalue weighted by molar-refractivity contribution is -0.154. The van der Waals surface area contributed by atoms with Crippen LogP contribution in [0.15, 0.2) is 11.0 Å². The monoisotopic (exact) mass is 537 g/mol. The topological polar surface area (TPSA) is 118 Å². The maximum atomic E-state index is 13.2. The van der Waals surface area contributed by atoms with Gasteiger partial charge in [-0.3, -0.25) is 9.59 Å². The predicted molar refractivity (Wildman–Crippen MR) is 142 cm³/mol. The Bertz CT molecular complexity index is 958. The van der Waals surface area contributed by atoms with E-state index in [1.165, 1.54) is 11.3 Å². The van der Waals surface area contributed by atoms with Crippen LogP contribution >= 0.6 is 11.3 Å². The number of thiazole rings is 1. The van der Waals surface area contributed by atoms with Gasteiger partial charge < -0.3 is 24.4 Å². The molecule has 7 atom stereocenters. The number of carbonyl (C=O) groups is 2. The van der Waals surface area contributed by atoms with Crippen LogP contribution in [0.2, 0.25) is 0 Å². The Hall–Kier alpha value is -1.65. The maximum absolute atomic E-state index is 13.2. The molecule has 208 valence electrons. The van der Waals surface area contributed by atoms with Crippen molar-refractivity contribution in [2.75, 3.05) is 6.61 Å². The molecule has 1 aromatic rings. The third kappa shape index (κ3) is 7.93. The number of aliphatic hydroxyl groups is 2. The van der Waals surface area contributed by atoms with Crippen molar-refractivity contribution in [1.29, 1.82) is 0 Å². The highest BCUT2D eigenvalue weighted by atomic mass is 32.1. The Labute approximate surface area is 224 Å². The molecule has 3 heterocycles. The van der Waals surface area contributed by atoms with E-state index in [0.29, 0.717) is 19.6 Å². The average Bonchev–Trinajstić information content (AvgIpc) is 3.43. The number of carbonyl (C=O) groups excluding carboxylic acids is 2. The van der Waals surface area contributed by atoms with Crippen molar-refractivity contribution in [3.05, 3.63) is 21.7 Å². The fraction of sp³-hybridized carbons (Fsp3) is 0.750. The van der Waals surface area contributed by atoms with Crippen LogP contribution < -0.4 is 0 Å². The van der Waals surface area contributed by atoms with Crippen LogP contribution in [0.5, 0.6) is 0 Å². The van der Waals surface area contributed by atoms with E-state index in [1.54, 1.807) is 20.8 Å². The summed E-state index contributed by atoms with van der Waals surface area (Å²) in [6, 6.07) is 0. The van der Waals surface area contributed by atoms with E-state index in [0.717, 1.165) is 35.5 Å². The molecule has 1 aromatic heterocycles. The van der Waals surface area contributed by atoms with Crippen molar-refractivity contribution in [3.63, 3.8) is 0 Å². The highest BCUT2D eigenvalue weighted by Gasteiger charge is 2.44. The molecule has 2 aliphatic rings. The number of hydrogen-bond donors (Lipinski definition) is 2. The number of esters is 1. The zero-order chi connectivity index (χ0) is 27.3. The quantitative estimate of drug-likeness (QED) is 0.421. The largest absolute Gasteiger partial charge is 0.458 e. The second-order valence-corrected chi connectivity index (χ2v) is 12.1. The third-order valence-corrected chi connectivity index (χ3v) is 8.62. The van der Waals surface area contributed by atoms with Crippen molar-refractivity contribution in [2.45, 2.75) is 111 Å². The van der Waals surface area contributed by atoms with E-state index >= 15 is 0 Å². The third-order valence-electron chi connectivity index (χ3n) is 7.78. The minimum Gasteiger partial charge on any atom is -0.458 e. The molecule has 9 heteroatoms. The molecular formula is C28H43NO7S. The standard InChI is InChI=1S/C28H43NO7S/c1-7-34-14-24-29-19(15-37-24)11-17(3)21-12-22-20(35-22)10-8-9-16(2)26(32)18(4)27(33)28(5,6)23(30)13-25(31)36-21/h11,15-16,18,20-23,26,30,32H,7-10,12-14H2,1-6H3. The molecule has 7 unspecified atom stereocenters. The van der Waals surface area contributed by atoms with Gasteiger partial charge in [0.2, 0.25) is 0 Å². The van der Waals surface area contributed by atoms with Crippen LogP contribution in [0, 0.1) is 17.3 Å². The second-order valence-electron chi connectivity index (χ2n) is 11.1. The van der Waals surface area contributed by atoms with Crippen molar-refractivity contribution >= 4 is 29.2 Å². The molecule has 0 bridgehead atoms. The summed E-state index contributed by atoms with van der Waals surface area (Å²) in [5.74, 6) is -1.56. The molecule has 2 N–H and O–H groups in total. The number of fused-ring (bicyclic) bond motifs is 1. The Morgan fingerprint density at radius 2 is 1.97 bits per heavy atom. The van der Waals surface area contributed by atoms with E-state index in [4.69, 9.17) is 14.2 Å². The van der Waals surface area contributed by atoms with E-state index in [-0.39, 0.29) is 30.3 Å². The van der Waals surface area contributed by atoms with Gasteiger partial charge in [0.05, 0.1) is 48.6 Å². The normalized spacial score (nSPS) is 34.1. The first-order valence-electron chi connectivity index (χ1n) is 13.4. The Kier molecular flexibility index (Phi) is 10.5. The van der Waals surface area contributed by atoms with Gasteiger partial charge in [-0.1, -0.05) is 34.1 Å². The number of aromatic nitrogens is 1. The van der Waals surface area contributed by atoms with Gasteiger partial charge in [0.1, 0.15) is 16.9 Å². The lowest BCUT2D eigenvalue weighted by Gasteiger charge is -2.34. The van der Waals surface area contributed by atoms with Crippen molar-refractivity contribution in [3.8, 4) is 0 Å². The number of ketones is 1. The van der Waals surface area contributed by atoms with Crippen molar-refractivity contribution in [2.24, 2.45) is 17.3 Å². The molecule has 2 aliphatic heterocycles. The minimum atomic E-state index is -1.24. The molecule has 3 rings (SSSR count). The number of rotatable bonds is 5. The molecule has 0 spiro atoms. The minimum absolute atomic E-state index is 0.0138. The van der Waals surface area contributed by atoms with Gasteiger partial charge in [-0.25, -0.2) is 4.98 Å². The summed E-state index contributed by atoms with van der Waals surface area (Å²) in [6.07, 6.45) is 2.11. The van der Waals surface area contributed by atoms with Gasteiger partial charge >= 0.3 is 5.97 Å². The summed E-state index contributed by atoms with van der Waals surface area (Å²) in [5, 5.41) is 24.5. The van der Waals surface area contributed by atoms with E-state index in [1.807, 2.05) is 32.2 Å². The van der Waals surface area contributed by atoms with Crippen LogP contribution in [0.1, 0.15) is 84.3 Å². The fourth-order valence-electron chi connectivity index (χ4n) is 4.98. The summed E-state index contributed by atoms with van der Waals surface area (Å²) in [7, 11) is 0. The Morgan fingerprint density at radius 1 is 1.24 bits per heavy atom. The fourth-order valence-corrected chi connectivity index (χ4v) is 5.67. The summed E-state index contributed by atoms with van der Waals surface area (Å²) in [4.78, 5) is 30.7. The van der Waals surface area contributed by atoms with Gasteiger partial charge in [-0.15, -0.1) is 11.3 Å². The first-order chi connectivity index (χ1) is 17.4. The molecule has 0 saturated carbocycles. The number of Topliss-reactive ketones (excluding diaryl/α,β-unsaturated/α-hetero) is 1. The molecule has 0 amide bonds. The van der Waals surface area contributed by atoms with E-state index in [9.17, 15) is 19.8 Å². The first kappa shape index (κ1) is 29.9. The number of epoxide rings is 1. The number of nitrogens with zero attached hydrogens (tertiary/aromatic N) is 1. The lowest BCUT2D eigenvalue weighted by atomic mass is 9.73. The van der Waals surface area contributed by atoms with Crippen LogP contribution in [0.4, 0.5) is 0 Å². The molecule has 0 radical (unpaired) electrons. The zero-order valence-corrected chi connectivity index (χ0v) is 23.8. The van der Waals surface area contributed by atoms with Crippen LogP contribution in [0.3, 0.4) is 0 Å². The molecule has 0 aliphatic carbocycles. The average molecular weight is 538 g/mol. The molecule has 8 nitrogen and oxygen atoms in total. The van der Waals surface area contributed by atoms with Gasteiger partial charge in [0.25, 0.3) is 0 Å². The summed E-state index contributed by atoms with van der Waals surface area (Å²) < 4.78 is 17.2. The van der Waals surface area contributed by atoms with Crippen LogP contribution in [-0.4, -0.2) is 64.1 Å². The summed E-state index contributed by atoms with van der Waals surface area (Å²) in [6.45, 7) is 11.8. The summed E-state index contributed by atoms with van der Waals surface area (Å²) in [5.41, 5.74) is 0.410. The van der Waals surface area contributed by atoms with Gasteiger partial charge in [0.15, 0.2) is 0 Å². The van der Waals surface area contributed by atoms with Crippen LogP contribution in [-0.2, 0) is 30.4 Å². The maximum Gasteiger partial charge on any atom is 0.309 e. The van der Waals surface area contributed by atoms with Gasteiger partial charge in [-0.05, 0) is 44.3 Å². The van der Waals surface area contributed by atoms with Crippen LogP contribution in [0.25, 0.3) is 6.08 Å². The Balaban J connectivity index is 1.79. The molecule has 2 saturated heterocycles. The van der Waals surface area contributed by atoms with Crippen molar-refractivity contribution in [1.82, 2.24) is 4.98 Å². The van der Waals surface area contributed by atoms with Gasteiger partial charge in [-0.2, -0.15) is 0 Å². The Morgan fingerprint density at radius 3 is 2.68 bits per heavy atom. The highest BCUT2D eigenvalue weighted by molar-refractivity contribution is 7.09. The number of hydrogen-bond acceptors (Lipinski definition) is 9. The first-order valence-corrected chi connectivity index (χ1v) is 14.3. The lowest BCUT2D eigenvalue weighted by Crippen LogP contribution is -2.45. The van der Waals surface area contributed by atoms with E-state index in [2.05, 4.69) is 4.98 Å². The van der Waals surface area contributed by atoms with E-state index < -0.39 is 35.6 Å². The highest BCUT2D eigenvalue weighted by Crippen LogP contribution is 2.36. The number of aliphatic hydroxyl groups excluding tert-OH is 2. The summed E-state index contributed by atoms with van der Waals surface area (Å²) >= 11 is 1.52. The smallest absolute Gasteiger partial charge is 0.309 e. The SMILES string of the molecule is CCOCc1nc(C=C(C)C2CC3OC3CCCC(C)C(O)C(C)C(=O)C(C)(C)C(O)CC(=O)O2)cs1. The van der Waals surface area contributed by atoms with Gasteiger partial charge in [0, 0.05) is 24.3 Å². The molecule has 37 heavy (non-hydrogen) atoms. The van der Waals surface area contributed by atoms with Crippen molar-refractivity contribution < 1.29 is 34.0 Å². The predicted octanol–water partition coefficient (Wildman–Crippen LogP) is 4.32. The molecular weight excluding hydrogens is 494 g/mol. The second kappa shape index (κ2) is 12.9.